The molecule has 0 radical (unpaired) electrons. The Morgan fingerprint density at radius 3 is 2.11 bits per heavy atom. The van der Waals surface area contributed by atoms with E-state index in [1.807, 2.05) is 6.92 Å². The number of unbranched alkanes of at least 4 members (excludes halogenated alkanes) is 1. The van der Waals surface area contributed by atoms with Gasteiger partial charge < -0.3 is 25.8 Å². The van der Waals surface area contributed by atoms with Gasteiger partial charge in [0.25, 0.3) is 5.91 Å². The van der Waals surface area contributed by atoms with Crippen LogP contribution < -0.4 is 25.8 Å². The zero-order chi connectivity index (χ0) is 26.0. The van der Waals surface area contributed by atoms with E-state index >= 15 is 0 Å². The number of amides is 3. The minimum Gasteiger partial charge on any atom is -0.423 e. The van der Waals surface area contributed by atoms with Gasteiger partial charge in [0.15, 0.2) is 11.5 Å². The van der Waals surface area contributed by atoms with Crippen LogP contribution in [0.1, 0.15) is 62.0 Å². The van der Waals surface area contributed by atoms with E-state index in [9.17, 15) is 24.0 Å². The van der Waals surface area contributed by atoms with Crippen LogP contribution in [0.25, 0.3) is 0 Å². The molecule has 0 saturated heterocycles. The maximum Gasteiger partial charge on any atom is 0.308 e. The van der Waals surface area contributed by atoms with Gasteiger partial charge in [0.1, 0.15) is 12.1 Å². The standard InChI is InChI=1S/C25H29N3O7/c1-4-5-13-19(25(33)28-21(23(26)31)17-10-7-6-8-11-17)27-24(32)18-12-9-14-20(34-15(2)29)22(18)35-16(3)30/h6-12,14,19,21H,4-5,13H2,1-3H3,(H2,26,31)(H,27,32)(H,28,33). The van der Waals surface area contributed by atoms with Crippen molar-refractivity contribution < 1.29 is 33.4 Å². The number of hydrogen-bond acceptors (Lipinski definition) is 7. The lowest BCUT2D eigenvalue weighted by atomic mass is 10.0. The molecule has 0 aliphatic rings. The molecular formula is C25H29N3O7. The molecular weight excluding hydrogens is 454 g/mol. The first-order valence-corrected chi connectivity index (χ1v) is 11.1. The van der Waals surface area contributed by atoms with E-state index in [0.29, 0.717) is 12.0 Å². The average molecular weight is 484 g/mol. The van der Waals surface area contributed by atoms with Crippen LogP contribution in [0.15, 0.2) is 48.5 Å². The van der Waals surface area contributed by atoms with Crippen LogP contribution >= 0.6 is 0 Å². The molecule has 0 saturated carbocycles. The normalized spacial score (nSPS) is 12.1. The van der Waals surface area contributed by atoms with Gasteiger partial charge >= 0.3 is 11.9 Å². The first kappa shape index (κ1) is 27.0. The van der Waals surface area contributed by atoms with Crippen LogP contribution in [-0.4, -0.2) is 35.7 Å². The second-order valence-electron chi connectivity index (χ2n) is 7.74. The molecule has 2 rings (SSSR count). The fourth-order valence-corrected chi connectivity index (χ4v) is 3.30. The van der Waals surface area contributed by atoms with Gasteiger partial charge in [0.05, 0.1) is 5.56 Å². The SMILES string of the molecule is CCCCC(NC(=O)c1cccc(OC(C)=O)c1OC(C)=O)C(=O)NC(C(N)=O)c1ccccc1. The third-order valence-electron chi connectivity index (χ3n) is 4.90. The molecule has 0 aliphatic carbocycles. The van der Waals surface area contributed by atoms with Crippen molar-refractivity contribution in [2.24, 2.45) is 5.73 Å². The van der Waals surface area contributed by atoms with Gasteiger partial charge in [-0.15, -0.1) is 0 Å². The number of benzene rings is 2. The van der Waals surface area contributed by atoms with Crippen LogP contribution in [0.5, 0.6) is 11.5 Å². The van der Waals surface area contributed by atoms with Gasteiger partial charge in [-0.1, -0.05) is 56.2 Å². The Balaban J connectivity index is 2.32. The van der Waals surface area contributed by atoms with Gasteiger partial charge in [-0.05, 0) is 24.1 Å². The van der Waals surface area contributed by atoms with E-state index in [0.717, 1.165) is 20.3 Å². The summed E-state index contributed by atoms with van der Waals surface area (Å²) in [5.41, 5.74) is 5.89. The quantitative estimate of drug-likeness (QED) is 0.327. The molecule has 0 fully saturated rings. The highest BCUT2D eigenvalue weighted by Crippen LogP contribution is 2.32. The van der Waals surface area contributed by atoms with E-state index < -0.39 is 41.7 Å². The zero-order valence-electron chi connectivity index (χ0n) is 19.8. The monoisotopic (exact) mass is 483 g/mol. The van der Waals surface area contributed by atoms with Crippen molar-refractivity contribution >= 4 is 29.7 Å². The molecule has 0 spiro atoms. The number of carbonyl (C=O) groups is 5. The summed E-state index contributed by atoms with van der Waals surface area (Å²) in [7, 11) is 0. The summed E-state index contributed by atoms with van der Waals surface area (Å²) in [4.78, 5) is 61.3. The fraction of sp³-hybridized carbons (Fsp3) is 0.320. The molecule has 0 aliphatic heterocycles. The van der Waals surface area contributed by atoms with Crippen LogP contribution in [0.3, 0.4) is 0 Å². The molecule has 0 heterocycles. The van der Waals surface area contributed by atoms with Crippen molar-refractivity contribution in [3.05, 3.63) is 59.7 Å². The third-order valence-corrected chi connectivity index (χ3v) is 4.90. The zero-order valence-corrected chi connectivity index (χ0v) is 19.8. The number of ether oxygens (including phenoxy) is 2. The molecule has 10 nitrogen and oxygen atoms in total. The number of hydrogen-bond donors (Lipinski definition) is 3. The summed E-state index contributed by atoms with van der Waals surface area (Å²) in [6, 6.07) is 10.6. The first-order chi connectivity index (χ1) is 16.6. The van der Waals surface area contributed by atoms with Crippen molar-refractivity contribution in [3.8, 4) is 11.5 Å². The van der Waals surface area contributed by atoms with Crippen molar-refractivity contribution in [2.75, 3.05) is 0 Å². The van der Waals surface area contributed by atoms with E-state index in [2.05, 4.69) is 10.6 Å². The van der Waals surface area contributed by atoms with Crippen LogP contribution in [0, 0.1) is 0 Å². The number of para-hydroxylation sites is 1. The fourth-order valence-electron chi connectivity index (χ4n) is 3.30. The average Bonchev–Trinajstić information content (AvgIpc) is 2.80. The van der Waals surface area contributed by atoms with E-state index in [4.69, 9.17) is 15.2 Å². The maximum atomic E-state index is 13.1. The highest BCUT2D eigenvalue weighted by molar-refractivity contribution is 6.01. The number of primary amides is 1. The van der Waals surface area contributed by atoms with Crippen molar-refractivity contribution in [1.82, 2.24) is 10.6 Å². The smallest absolute Gasteiger partial charge is 0.308 e. The Hall–Kier alpha value is -4.21. The van der Waals surface area contributed by atoms with E-state index in [-0.39, 0.29) is 23.5 Å². The molecule has 2 atom stereocenters. The summed E-state index contributed by atoms with van der Waals surface area (Å²) in [5.74, 6) is -3.86. The number of nitrogens with two attached hydrogens (primary N) is 1. The van der Waals surface area contributed by atoms with Gasteiger partial charge in [-0.25, -0.2) is 0 Å². The molecule has 10 heteroatoms. The number of nitrogens with one attached hydrogen (secondary N) is 2. The van der Waals surface area contributed by atoms with E-state index in [1.54, 1.807) is 30.3 Å². The Bertz CT molecular complexity index is 1090. The summed E-state index contributed by atoms with van der Waals surface area (Å²) in [6.45, 7) is 4.23. The largest absolute Gasteiger partial charge is 0.423 e. The Labute approximate surface area is 203 Å². The summed E-state index contributed by atoms with van der Waals surface area (Å²) < 4.78 is 10.2. The molecule has 2 aromatic carbocycles. The number of esters is 2. The summed E-state index contributed by atoms with van der Waals surface area (Å²) in [5, 5.41) is 5.22. The Morgan fingerprint density at radius 1 is 0.886 bits per heavy atom. The van der Waals surface area contributed by atoms with Crippen LogP contribution in [0.2, 0.25) is 0 Å². The minimum absolute atomic E-state index is 0.109. The van der Waals surface area contributed by atoms with Crippen LogP contribution in [-0.2, 0) is 19.2 Å². The molecule has 3 amide bonds. The van der Waals surface area contributed by atoms with Crippen LogP contribution in [0.4, 0.5) is 0 Å². The van der Waals surface area contributed by atoms with Crippen molar-refractivity contribution in [1.29, 1.82) is 0 Å². The maximum absolute atomic E-state index is 13.1. The van der Waals surface area contributed by atoms with Crippen molar-refractivity contribution in [2.45, 2.75) is 52.1 Å². The highest BCUT2D eigenvalue weighted by atomic mass is 16.6. The van der Waals surface area contributed by atoms with Gasteiger partial charge in [-0.3, -0.25) is 24.0 Å². The lowest BCUT2D eigenvalue weighted by molar-refractivity contribution is -0.134. The molecule has 0 aromatic heterocycles. The second-order valence-corrected chi connectivity index (χ2v) is 7.74. The van der Waals surface area contributed by atoms with Gasteiger partial charge in [0, 0.05) is 13.8 Å². The molecule has 35 heavy (non-hydrogen) atoms. The first-order valence-electron chi connectivity index (χ1n) is 11.1. The Kier molecular flexibility index (Phi) is 9.95. The molecule has 2 unspecified atom stereocenters. The predicted molar refractivity (Wildman–Crippen MR) is 126 cm³/mol. The van der Waals surface area contributed by atoms with Gasteiger partial charge in [-0.2, -0.15) is 0 Å². The van der Waals surface area contributed by atoms with Gasteiger partial charge in [0.2, 0.25) is 11.8 Å². The third kappa shape index (κ3) is 7.95. The van der Waals surface area contributed by atoms with E-state index in [1.165, 1.54) is 18.2 Å². The predicted octanol–water partition coefficient (Wildman–Crippen LogP) is 2.17. The molecule has 186 valence electrons. The minimum atomic E-state index is -1.09. The molecule has 2 aromatic rings. The topological polar surface area (TPSA) is 154 Å². The Morgan fingerprint density at radius 2 is 1.54 bits per heavy atom. The second kappa shape index (κ2) is 12.9. The summed E-state index contributed by atoms with van der Waals surface area (Å²) >= 11 is 0. The number of carbonyl (C=O) groups excluding carboxylic acids is 5. The molecule has 4 N–H and O–H groups in total. The highest BCUT2D eigenvalue weighted by Gasteiger charge is 2.28. The lowest BCUT2D eigenvalue weighted by Crippen LogP contribution is -2.49. The van der Waals surface area contributed by atoms with Crippen molar-refractivity contribution in [3.63, 3.8) is 0 Å². The number of rotatable bonds is 11. The summed E-state index contributed by atoms with van der Waals surface area (Å²) in [6.07, 6.45) is 1.63. The molecule has 0 bridgehead atoms. The lowest BCUT2D eigenvalue weighted by Gasteiger charge is -2.22.